The van der Waals surface area contributed by atoms with E-state index in [0.717, 1.165) is 106 Å². The van der Waals surface area contributed by atoms with E-state index < -0.39 is 58.3 Å². The number of aromatic hydroxyl groups is 4. The van der Waals surface area contributed by atoms with Gasteiger partial charge in [-0.15, -0.1) is 44.1 Å². The zero-order valence-electron chi connectivity index (χ0n) is 75.0. The van der Waals surface area contributed by atoms with Gasteiger partial charge in [0, 0.05) is 39.2 Å². The Morgan fingerprint density at radius 2 is 0.885 bits per heavy atom. The summed E-state index contributed by atoms with van der Waals surface area (Å²) in [6.07, 6.45) is 18.5. The zero-order chi connectivity index (χ0) is 98.8. The number of aromatic nitrogens is 7. The standard InChI is InChI=1S/C54H52N16O11S4.C37H43N7O8S2/c1-4-5-6-8-11-32-25-42(46(77-3)30-41(32)66-68-44-27-38(82-80-78-55)22-33-23-40(85(58,75)76)29-45(71)48(33)44)67-69-50-47(83-81-79-56)26-34-24-39(84(57,73)74)28-43(49(34)51(50)72)60-53-61-52(62-54(63-53)70-20-9-7-10-21-70)59-35-16-18-37(19-17-35)65-64-36-14-12-31(2)13-15-36;1-3-5-7-9-11-24-13-17-27(18-14-24)38-35-40-36(42-37(46)41-35)39-30-23-29(54(48,49)50)21-26-22-31(53-52-51-47)33(34(45)32(26)30)44-43-28-19-15-25(16-20-28)12-10-8-6-4-2/h7,9-10,12-30H,4-6,8,11,55-56H2,1-3H3,(H7-,57,58,59,60,61,62,63,64,67,68,71,72,73,74,75,76);13-23,45,47H,3-12H2,1-2H3,(H,48,49,50)(H3,38,39,40,41,42,46)/p-1. The lowest BCUT2D eigenvalue weighted by Gasteiger charge is -2.17. The fraction of sp³-hybridized carbons (Fsp3) is 0.220. The predicted octanol–water partition coefficient (Wildman–Crippen LogP) is 20.7. The van der Waals surface area contributed by atoms with E-state index in [-0.39, 0.29) is 122 Å². The third kappa shape index (κ3) is 28.3. The van der Waals surface area contributed by atoms with E-state index in [1.807, 2.05) is 73.7 Å². The molecule has 3 aromatic heterocycles. The molecule has 14 rings (SSSR count). The van der Waals surface area contributed by atoms with Gasteiger partial charge in [0.15, 0.2) is 11.5 Å². The van der Waals surface area contributed by atoms with Crippen LogP contribution >= 0.6 is 36.1 Å². The minimum absolute atomic E-state index is 0.00908. The molecule has 48 heteroatoms. The number of methoxy groups -OCH3 is 1. The van der Waals surface area contributed by atoms with Crippen LogP contribution < -0.4 is 57.9 Å². The average molecular weight is 2010 g/mol. The molecular weight excluding hydrogens is 1910 g/mol. The summed E-state index contributed by atoms with van der Waals surface area (Å²) in [5.74, 6) is 8.84. The normalized spacial score (nSPS) is 12.0. The molecule has 11 aromatic carbocycles. The summed E-state index contributed by atoms with van der Waals surface area (Å²) in [5.41, 5.74) is 7.10. The molecule has 0 spiro atoms. The van der Waals surface area contributed by atoms with Gasteiger partial charge in [0.2, 0.25) is 31.9 Å². The molecule has 0 aliphatic rings. The molecule has 16 N–H and O–H groups in total. The van der Waals surface area contributed by atoms with Gasteiger partial charge in [0.1, 0.15) is 38.7 Å². The van der Waals surface area contributed by atoms with Crippen molar-refractivity contribution in [1.82, 2.24) is 29.9 Å². The quantitative estimate of drug-likeness (QED) is 0.00321. The third-order valence-corrected chi connectivity index (χ3v) is 25.4. The highest BCUT2D eigenvalue weighted by atomic mass is 32.2. The molecule has 139 heavy (non-hydrogen) atoms. The van der Waals surface area contributed by atoms with Gasteiger partial charge >= 0.3 is 23.9 Å². The number of phenols is 3. The number of nitrogens with zero attached hydrogens (tertiary/aromatic N) is 15. The summed E-state index contributed by atoms with van der Waals surface area (Å²) >= 11 is 1.61. The highest BCUT2D eigenvalue weighted by Crippen LogP contribution is 2.51. The summed E-state index contributed by atoms with van der Waals surface area (Å²) in [7, 11) is -12.3. The smallest absolute Gasteiger partial charge is 0.444 e. The lowest BCUT2D eigenvalue weighted by Crippen LogP contribution is -2.32. The second kappa shape index (κ2) is 48.6. The van der Waals surface area contributed by atoms with E-state index in [1.54, 1.807) is 77.6 Å². The first kappa shape index (κ1) is 103. The fourth-order valence-corrected chi connectivity index (χ4v) is 17.4. The Morgan fingerprint density at radius 3 is 1.42 bits per heavy atom. The molecule has 0 atom stereocenters. The summed E-state index contributed by atoms with van der Waals surface area (Å²) in [4.78, 5) is 33.8. The number of phenolic OH excluding ortho intramolecular Hbond substituents is 3. The van der Waals surface area contributed by atoms with Crippen LogP contribution in [-0.2, 0) is 77.4 Å². The number of rotatable bonds is 45. The van der Waals surface area contributed by atoms with Crippen LogP contribution in [-0.4, -0.2) is 87.2 Å². The number of primary sulfonamides is 2. The number of nitrogens with two attached hydrogens (primary N) is 4. The van der Waals surface area contributed by atoms with Gasteiger partial charge in [-0.05, 0) is 222 Å². The summed E-state index contributed by atoms with van der Waals surface area (Å²) in [6.45, 7) is 8.40. The maximum absolute atomic E-state index is 13.1. The molecule has 0 bridgehead atoms. The Morgan fingerprint density at radius 1 is 0.439 bits per heavy atom. The van der Waals surface area contributed by atoms with Gasteiger partial charge in [0.25, 0.3) is 0 Å². The largest absolute Gasteiger partial charge is 0.744 e. The monoisotopic (exact) mass is 2000 g/mol. The number of pyridine rings is 1. The van der Waals surface area contributed by atoms with Crippen LogP contribution in [0.25, 0.3) is 38.3 Å². The first-order chi connectivity index (χ1) is 67.0. The number of anilines is 8. The van der Waals surface area contributed by atoms with E-state index in [9.17, 15) is 55.5 Å². The van der Waals surface area contributed by atoms with Crippen LogP contribution in [0.15, 0.2) is 271 Å². The van der Waals surface area contributed by atoms with E-state index >= 15 is 0 Å². The van der Waals surface area contributed by atoms with Crippen LogP contribution in [0.5, 0.6) is 29.0 Å². The van der Waals surface area contributed by atoms with Crippen molar-refractivity contribution in [3.8, 4) is 35.0 Å². The number of hydrogen-bond donors (Lipinski definition) is 12. The maximum Gasteiger partial charge on any atom is 0.444 e. The Kier molecular flexibility index (Phi) is 35.9. The highest BCUT2D eigenvalue weighted by Gasteiger charge is 2.28. The maximum atomic E-state index is 13.1. The first-order valence-corrected chi connectivity index (χ1v) is 49.7. The van der Waals surface area contributed by atoms with Gasteiger partial charge < -0.3 is 56.2 Å². The van der Waals surface area contributed by atoms with Crippen molar-refractivity contribution in [1.29, 1.82) is 0 Å². The fourth-order valence-electron chi connectivity index (χ4n) is 14.3. The molecule has 0 saturated carbocycles. The molecule has 0 amide bonds. The summed E-state index contributed by atoms with van der Waals surface area (Å²) < 4.78 is 109. The Bertz CT molecular complexity index is 7210. The van der Waals surface area contributed by atoms with Crippen molar-refractivity contribution in [2.24, 2.45) is 63.0 Å². The second-order valence-electron chi connectivity index (χ2n) is 31.0. The summed E-state index contributed by atoms with van der Waals surface area (Å²) in [5, 5.41) is 119. The van der Waals surface area contributed by atoms with Crippen LogP contribution in [0, 0.1) is 6.92 Å². The molecule has 14 aromatic rings. The molecule has 0 aliphatic heterocycles. The molecule has 0 aliphatic carbocycles. The number of aryl methyl sites for hydroxylation is 4. The SMILES string of the molecule is CCCCCCc1cc(N=Nc2c(SOON)cc3cc(S(N)(=O)=O)cc(Nc4nc(Nc5ccc(N=Nc6ccc(C)cc6)cc5)nc(-[n+]5ccccc5)n4)c3c2O)c(OC)cc1N=Nc1cc(SOON)cc2cc(S(N)(=O)=O)cc(O)c12.CCCCCCc1ccc(N=Nc2c(SOO[O-])cc3cc(S(=O)(=O)[O-])cc(Nc4nc(O)nc(Nc5ccc(CCCCCC)cc5)n4)c3c2O)cc1. The molecule has 42 nitrogen and oxygen atoms in total. The number of benzene rings is 11. The van der Waals surface area contributed by atoms with Gasteiger partial charge in [-0.1, -0.05) is 127 Å². The third-order valence-electron chi connectivity index (χ3n) is 21.0. The Balaban J connectivity index is 0.000000259. The predicted molar refractivity (Wildman–Crippen MR) is 520 cm³/mol. The van der Waals surface area contributed by atoms with Gasteiger partial charge in [0.05, 0.1) is 125 Å². The lowest BCUT2D eigenvalue weighted by molar-refractivity contribution is -0.777. The molecular formula is C91H94N23O19S6-. The number of nitrogens with one attached hydrogen (secondary N) is 4. The number of fused-ring (bicyclic) bond motifs is 3. The molecule has 3 heterocycles. The zero-order valence-corrected chi connectivity index (χ0v) is 79.9. The minimum Gasteiger partial charge on any atom is -0.744 e. The molecule has 724 valence electrons. The van der Waals surface area contributed by atoms with Crippen molar-refractivity contribution in [2.45, 2.75) is 153 Å². The number of sulfonamides is 2. The van der Waals surface area contributed by atoms with E-state index in [4.69, 9.17) is 35.5 Å². The number of azo groups is 4. The minimum atomic E-state index is -5.03. The second-order valence-corrected chi connectivity index (χ2v) is 37.8. The van der Waals surface area contributed by atoms with Crippen LogP contribution in [0.4, 0.5) is 92.0 Å². The highest BCUT2D eigenvalue weighted by molar-refractivity contribution is 7.95. The number of unbranched alkanes of at least 4 members (excludes halogenated alkanes) is 9. The molecule has 0 saturated heterocycles. The van der Waals surface area contributed by atoms with Gasteiger partial charge in [-0.3, -0.25) is 5.04 Å². The average Bonchev–Trinajstić information content (AvgIpc) is 0.758. The van der Waals surface area contributed by atoms with Crippen molar-refractivity contribution < 1.29 is 92.8 Å². The molecule has 0 fully saturated rings. The lowest BCUT2D eigenvalue weighted by atomic mass is 10.0. The van der Waals surface area contributed by atoms with E-state index in [2.05, 4.69) is 132 Å². The molecule has 0 unspecified atom stereocenters. The first-order valence-electron chi connectivity index (χ1n) is 43.0. The van der Waals surface area contributed by atoms with E-state index in [0.29, 0.717) is 87.1 Å². The number of hydrogen-bond acceptors (Lipinski definition) is 42. The molecule has 0 radical (unpaired) electrons. The van der Waals surface area contributed by atoms with Crippen molar-refractivity contribution >= 4 is 191 Å². The van der Waals surface area contributed by atoms with Gasteiger partial charge in [-0.25, -0.2) is 40.1 Å². The van der Waals surface area contributed by atoms with Crippen LogP contribution in [0.1, 0.15) is 120 Å². The van der Waals surface area contributed by atoms with Crippen molar-refractivity contribution in [2.75, 3.05) is 28.4 Å². The van der Waals surface area contributed by atoms with Crippen LogP contribution in [0.2, 0.25) is 0 Å². The van der Waals surface area contributed by atoms with E-state index in [1.165, 1.54) is 68.0 Å². The van der Waals surface area contributed by atoms with Gasteiger partial charge in [-0.2, -0.15) is 51.5 Å². The van der Waals surface area contributed by atoms with Crippen LogP contribution in [0.3, 0.4) is 0 Å². The Labute approximate surface area is 810 Å². The van der Waals surface area contributed by atoms with Crippen molar-refractivity contribution in [3.05, 3.63) is 223 Å². The topological polar surface area (TPSA) is 626 Å². The summed E-state index contributed by atoms with van der Waals surface area (Å²) in [6, 6.07) is 50.3. The number of ether oxygens (including phenoxy) is 1. The van der Waals surface area contributed by atoms with Crippen molar-refractivity contribution in [3.63, 3.8) is 0 Å². The Hall–Kier alpha value is -13.6.